The van der Waals surface area contributed by atoms with Crippen molar-refractivity contribution >= 4 is 94.3 Å². The van der Waals surface area contributed by atoms with Crippen LogP contribution in [0.3, 0.4) is 0 Å². The number of hydrogen-bond donors (Lipinski definition) is 0. The Morgan fingerprint density at radius 1 is 1.23 bits per heavy atom. The maximum Gasteiger partial charge on any atom is 0.437 e. The van der Waals surface area contributed by atoms with E-state index in [-0.39, 0.29) is 11.7 Å². The zero-order valence-electron chi connectivity index (χ0n) is 10.5. The number of hydrogen-bond acceptors (Lipinski definition) is 6. The van der Waals surface area contributed by atoms with Gasteiger partial charge in [0.1, 0.15) is 13.2 Å². The van der Waals surface area contributed by atoms with Gasteiger partial charge < -0.3 is 0 Å². The lowest BCUT2D eigenvalue weighted by Gasteiger charge is -2.29. The molecule has 0 aromatic carbocycles. The van der Waals surface area contributed by atoms with E-state index < -0.39 is 28.5 Å². The molecule has 1 saturated heterocycles. The number of rotatable bonds is 5. The summed E-state index contributed by atoms with van der Waals surface area (Å²) in [5, 5.41) is 8.81. The molecule has 1 fully saturated rings. The summed E-state index contributed by atoms with van der Waals surface area (Å²) >= 11 is 34.7. The highest BCUT2D eigenvalue weighted by atomic mass is 35.6. The topological polar surface area (TPSA) is 74.9 Å². The Bertz CT molecular complexity index is 495. The first-order valence-corrected chi connectivity index (χ1v) is 10.1. The van der Waals surface area contributed by atoms with Gasteiger partial charge in [0.05, 0.1) is 0 Å². The van der Waals surface area contributed by atoms with E-state index in [0.717, 1.165) is 4.67 Å². The number of nitriles is 1. The van der Waals surface area contributed by atoms with Crippen LogP contribution in [-0.2, 0) is 13.6 Å². The number of alkyl halides is 6. The Hall–Kier alpha value is 1.20. The standard InChI is InChI=1S/C8H8Cl6N3O3PS/c9-7(10,11)3-19-21(18,20-4-8(12,13)14)17-1-2-22-6(17)16-5-15/h1-4H2. The fourth-order valence-corrected chi connectivity index (χ4v) is 5.10. The van der Waals surface area contributed by atoms with Crippen molar-refractivity contribution in [2.75, 3.05) is 25.5 Å². The maximum absolute atomic E-state index is 12.9. The lowest BCUT2D eigenvalue weighted by molar-refractivity contribution is 0.182. The Morgan fingerprint density at radius 3 is 2.14 bits per heavy atom. The minimum absolute atomic E-state index is 0.152. The smallest absolute Gasteiger partial charge is 0.288 e. The van der Waals surface area contributed by atoms with Gasteiger partial charge in [-0.1, -0.05) is 81.4 Å². The number of thioether (sulfide) groups is 1. The third-order valence-corrected chi connectivity index (χ3v) is 5.62. The van der Waals surface area contributed by atoms with Crippen LogP contribution in [0.1, 0.15) is 0 Å². The fraction of sp³-hybridized carbons (Fsp3) is 0.750. The molecule has 0 saturated carbocycles. The molecule has 1 aliphatic heterocycles. The van der Waals surface area contributed by atoms with Crippen molar-refractivity contribution in [3.8, 4) is 6.19 Å². The van der Waals surface area contributed by atoms with E-state index in [1.165, 1.54) is 11.8 Å². The predicted octanol–water partition coefficient (Wildman–Crippen LogP) is 4.75. The van der Waals surface area contributed by atoms with Crippen molar-refractivity contribution in [2.24, 2.45) is 4.99 Å². The van der Waals surface area contributed by atoms with Crippen molar-refractivity contribution in [3.05, 3.63) is 0 Å². The SMILES string of the molecule is N#CN=C1SCCN1P(=O)(OCC(Cl)(Cl)Cl)OCC(Cl)(Cl)Cl. The van der Waals surface area contributed by atoms with Gasteiger partial charge in [0, 0.05) is 12.3 Å². The second kappa shape index (κ2) is 8.53. The second-order valence-electron chi connectivity index (χ2n) is 3.71. The molecule has 0 bridgehead atoms. The Balaban J connectivity index is 2.97. The van der Waals surface area contributed by atoms with E-state index in [0.29, 0.717) is 5.75 Å². The molecule has 6 nitrogen and oxygen atoms in total. The van der Waals surface area contributed by atoms with Crippen molar-refractivity contribution in [2.45, 2.75) is 7.59 Å². The van der Waals surface area contributed by atoms with E-state index in [9.17, 15) is 4.57 Å². The van der Waals surface area contributed by atoms with Crippen LogP contribution in [0.4, 0.5) is 0 Å². The highest BCUT2D eigenvalue weighted by molar-refractivity contribution is 8.14. The number of aliphatic imine (C=N–C) groups is 1. The van der Waals surface area contributed by atoms with Gasteiger partial charge in [0.25, 0.3) is 0 Å². The summed E-state index contributed by atoms with van der Waals surface area (Å²) in [6.45, 7) is -0.826. The molecule has 0 amide bonds. The zero-order valence-corrected chi connectivity index (χ0v) is 16.8. The molecule has 1 rings (SSSR count). The quantitative estimate of drug-likeness (QED) is 0.328. The summed E-state index contributed by atoms with van der Waals surface area (Å²) in [4.78, 5) is 3.54. The van der Waals surface area contributed by atoms with Crippen molar-refractivity contribution < 1.29 is 13.6 Å². The molecule has 1 aliphatic rings. The maximum atomic E-state index is 12.9. The summed E-state index contributed by atoms with van der Waals surface area (Å²) in [7, 11) is -4.02. The molecule has 0 spiro atoms. The third kappa shape index (κ3) is 7.40. The fourth-order valence-electron chi connectivity index (χ4n) is 1.24. The molecule has 0 unspecified atom stereocenters. The lowest BCUT2D eigenvalue weighted by Crippen LogP contribution is -2.28. The van der Waals surface area contributed by atoms with E-state index in [4.69, 9.17) is 83.9 Å². The monoisotopic (exact) mass is 467 g/mol. The van der Waals surface area contributed by atoms with E-state index in [2.05, 4.69) is 4.99 Å². The van der Waals surface area contributed by atoms with Gasteiger partial charge in [-0.3, -0.25) is 13.7 Å². The molecule has 0 aliphatic carbocycles. The molecule has 14 heteroatoms. The van der Waals surface area contributed by atoms with Gasteiger partial charge >= 0.3 is 7.75 Å². The van der Waals surface area contributed by atoms with Crippen molar-refractivity contribution in [1.82, 2.24) is 4.67 Å². The molecule has 0 aromatic heterocycles. The van der Waals surface area contributed by atoms with Gasteiger partial charge in [-0.2, -0.15) is 5.26 Å². The molecule has 1 heterocycles. The number of amidine groups is 1. The van der Waals surface area contributed by atoms with Crippen molar-refractivity contribution in [3.63, 3.8) is 0 Å². The van der Waals surface area contributed by atoms with Crippen LogP contribution in [0.15, 0.2) is 4.99 Å². The molecule has 126 valence electrons. The van der Waals surface area contributed by atoms with E-state index in [1.54, 1.807) is 6.19 Å². The van der Waals surface area contributed by atoms with Gasteiger partial charge in [-0.15, -0.1) is 4.99 Å². The van der Waals surface area contributed by atoms with Crippen LogP contribution in [0.25, 0.3) is 0 Å². The number of nitrogens with zero attached hydrogens (tertiary/aromatic N) is 3. The molecular formula is C8H8Cl6N3O3PS. The summed E-state index contributed by atoms with van der Waals surface area (Å²) in [6, 6.07) is 0. The van der Waals surface area contributed by atoms with Crippen LogP contribution >= 0.6 is 89.1 Å². The first-order valence-electron chi connectivity index (χ1n) is 5.37. The molecule has 22 heavy (non-hydrogen) atoms. The minimum Gasteiger partial charge on any atom is -0.288 e. The summed E-state index contributed by atoms with van der Waals surface area (Å²) in [5.41, 5.74) is 0. The van der Waals surface area contributed by atoms with Gasteiger partial charge in [0.2, 0.25) is 13.8 Å². The van der Waals surface area contributed by atoms with Gasteiger partial charge in [-0.25, -0.2) is 4.57 Å². The normalized spacial score (nSPS) is 18.8. The first kappa shape index (κ1) is 21.2. The van der Waals surface area contributed by atoms with Gasteiger partial charge in [0.15, 0.2) is 5.17 Å². The first-order chi connectivity index (χ1) is 9.97. The van der Waals surface area contributed by atoms with E-state index >= 15 is 0 Å². The van der Waals surface area contributed by atoms with Crippen LogP contribution in [-0.4, -0.2) is 42.9 Å². The summed E-state index contributed by atoms with van der Waals surface area (Å²) in [5.74, 6) is 0.513. The van der Waals surface area contributed by atoms with Gasteiger partial charge in [-0.05, 0) is 0 Å². The van der Waals surface area contributed by atoms with Crippen molar-refractivity contribution in [1.29, 1.82) is 5.26 Å². The van der Waals surface area contributed by atoms with Crippen LogP contribution in [0, 0.1) is 11.5 Å². The van der Waals surface area contributed by atoms with Crippen LogP contribution in [0.5, 0.6) is 0 Å². The Labute approximate surface area is 161 Å². The van der Waals surface area contributed by atoms with E-state index in [1.807, 2.05) is 0 Å². The third-order valence-electron chi connectivity index (χ3n) is 1.98. The Kier molecular flexibility index (Phi) is 8.24. The Morgan fingerprint density at radius 2 is 1.73 bits per heavy atom. The average Bonchev–Trinajstić information content (AvgIpc) is 2.82. The van der Waals surface area contributed by atoms with Crippen LogP contribution < -0.4 is 0 Å². The molecular weight excluding hydrogens is 462 g/mol. The molecule has 0 N–H and O–H groups in total. The zero-order chi connectivity index (χ0) is 17.0. The highest BCUT2D eigenvalue weighted by Crippen LogP contribution is 2.57. The largest absolute Gasteiger partial charge is 0.437 e. The summed E-state index contributed by atoms with van der Waals surface area (Å²) < 4.78 is 20.7. The lowest BCUT2D eigenvalue weighted by atomic mass is 10.8. The minimum atomic E-state index is -4.02. The molecule has 0 aromatic rings. The highest BCUT2D eigenvalue weighted by Gasteiger charge is 2.43. The summed E-state index contributed by atoms with van der Waals surface area (Å²) in [6.07, 6.45) is 1.59. The molecule has 0 radical (unpaired) electrons. The second-order valence-corrected chi connectivity index (χ2v) is 11.7. The predicted molar refractivity (Wildman–Crippen MR) is 92.3 cm³/mol. The average molecular weight is 470 g/mol. The van der Waals surface area contributed by atoms with Crippen LogP contribution in [0.2, 0.25) is 0 Å². The number of halogens is 6. The molecule has 0 atom stereocenters.